The van der Waals surface area contributed by atoms with Gasteiger partial charge in [-0.2, -0.15) is 0 Å². The third kappa shape index (κ3) is 4.92. The van der Waals surface area contributed by atoms with Gasteiger partial charge in [0.15, 0.2) is 0 Å². The molecule has 23 heavy (non-hydrogen) atoms. The first-order chi connectivity index (χ1) is 10.8. The SMILES string of the molecule is CC(C)N[P@@](=O)(O[C@@H]1C[C@H](C)CC[C@@H]1C(C)C)c1ccccc1. The summed E-state index contributed by atoms with van der Waals surface area (Å²) in [6.07, 6.45) is 3.48. The molecule has 4 atom stereocenters. The molecule has 2 rings (SSSR count). The average Bonchev–Trinajstić information content (AvgIpc) is 2.47. The van der Waals surface area contributed by atoms with Gasteiger partial charge in [0.1, 0.15) is 0 Å². The molecule has 130 valence electrons. The van der Waals surface area contributed by atoms with Gasteiger partial charge in [-0.05, 0) is 56.6 Å². The molecule has 1 aliphatic carbocycles. The van der Waals surface area contributed by atoms with Crippen molar-refractivity contribution in [1.82, 2.24) is 5.09 Å². The summed E-state index contributed by atoms with van der Waals surface area (Å²) >= 11 is 0. The van der Waals surface area contributed by atoms with Gasteiger partial charge in [-0.3, -0.25) is 4.57 Å². The molecule has 0 unspecified atom stereocenters. The minimum Gasteiger partial charge on any atom is -0.311 e. The number of hydrogen-bond acceptors (Lipinski definition) is 2. The van der Waals surface area contributed by atoms with Crippen LogP contribution in [0, 0.1) is 17.8 Å². The Kier molecular flexibility index (Phi) is 6.48. The molecule has 0 heterocycles. The Morgan fingerprint density at radius 1 is 1.13 bits per heavy atom. The summed E-state index contributed by atoms with van der Waals surface area (Å²) in [7, 11) is -3.05. The van der Waals surface area contributed by atoms with Crippen molar-refractivity contribution in [3.63, 3.8) is 0 Å². The second kappa shape index (κ2) is 7.96. The van der Waals surface area contributed by atoms with Crippen LogP contribution >= 0.6 is 7.52 Å². The van der Waals surface area contributed by atoms with Gasteiger partial charge in [0.25, 0.3) is 7.52 Å². The fourth-order valence-corrected chi connectivity index (χ4v) is 5.76. The van der Waals surface area contributed by atoms with E-state index >= 15 is 0 Å². The van der Waals surface area contributed by atoms with Crippen molar-refractivity contribution < 1.29 is 9.09 Å². The van der Waals surface area contributed by atoms with Crippen LogP contribution < -0.4 is 10.4 Å². The lowest BCUT2D eigenvalue weighted by Gasteiger charge is -2.39. The highest BCUT2D eigenvalue weighted by Gasteiger charge is 2.38. The Bertz CT molecular complexity index is 529. The van der Waals surface area contributed by atoms with Crippen molar-refractivity contribution in [1.29, 1.82) is 0 Å². The molecule has 1 fully saturated rings. The molecule has 0 bridgehead atoms. The largest absolute Gasteiger partial charge is 0.311 e. The van der Waals surface area contributed by atoms with Crippen LogP contribution in [-0.2, 0) is 9.09 Å². The zero-order chi connectivity index (χ0) is 17.0. The van der Waals surface area contributed by atoms with Crippen LogP contribution in [0.1, 0.15) is 53.9 Å². The average molecular weight is 337 g/mol. The highest BCUT2D eigenvalue weighted by molar-refractivity contribution is 7.65. The summed E-state index contributed by atoms with van der Waals surface area (Å²) in [4.78, 5) is 0. The van der Waals surface area contributed by atoms with Crippen molar-refractivity contribution in [3.8, 4) is 0 Å². The molecular weight excluding hydrogens is 305 g/mol. The summed E-state index contributed by atoms with van der Waals surface area (Å²) in [5.41, 5.74) is 0. The fourth-order valence-electron chi connectivity index (χ4n) is 3.56. The zero-order valence-electron chi connectivity index (χ0n) is 15.2. The summed E-state index contributed by atoms with van der Waals surface area (Å²) in [6.45, 7) is 10.8. The van der Waals surface area contributed by atoms with Gasteiger partial charge in [0.05, 0.1) is 11.4 Å². The minimum atomic E-state index is -3.05. The standard InChI is InChI=1S/C19H32NO2P/c1-14(2)18-12-11-16(5)13-19(18)22-23(21,20-15(3)4)17-9-7-6-8-10-17/h6-10,14-16,18-19H,11-13H2,1-5H3,(H,20,21)/t16-,18-,19-,23+/m1/s1. The lowest BCUT2D eigenvalue weighted by molar-refractivity contribution is 0.0480. The molecule has 0 saturated heterocycles. The molecule has 1 saturated carbocycles. The number of hydrogen-bond donors (Lipinski definition) is 1. The molecule has 3 nitrogen and oxygen atoms in total. The van der Waals surface area contributed by atoms with Gasteiger partial charge in [0.2, 0.25) is 0 Å². The van der Waals surface area contributed by atoms with Crippen LogP contribution in [0.2, 0.25) is 0 Å². The van der Waals surface area contributed by atoms with E-state index in [1.54, 1.807) is 0 Å². The number of nitrogens with one attached hydrogen (secondary N) is 1. The summed E-state index contributed by atoms with van der Waals surface area (Å²) in [5, 5.41) is 4.00. The van der Waals surface area contributed by atoms with E-state index in [0.717, 1.165) is 11.7 Å². The smallest absolute Gasteiger partial charge is 0.300 e. The van der Waals surface area contributed by atoms with Crippen molar-refractivity contribution in [2.24, 2.45) is 17.8 Å². The van der Waals surface area contributed by atoms with Crippen molar-refractivity contribution in [3.05, 3.63) is 30.3 Å². The second-order valence-corrected chi connectivity index (χ2v) is 9.73. The van der Waals surface area contributed by atoms with Crippen molar-refractivity contribution in [2.45, 2.75) is 66.0 Å². The van der Waals surface area contributed by atoms with E-state index in [1.807, 2.05) is 44.2 Å². The highest BCUT2D eigenvalue weighted by Crippen LogP contribution is 2.48. The lowest BCUT2D eigenvalue weighted by atomic mass is 9.75. The molecule has 4 heteroatoms. The van der Waals surface area contributed by atoms with E-state index in [2.05, 4.69) is 25.9 Å². The Morgan fingerprint density at radius 3 is 2.35 bits per heavy atom. The van der Waals surface area contributed by atoms with E-state index in [1.165, 1.54) is 12.8 Å². The van der Waals surface area contributed by atoms with Gasteiger partial charge in [-0.15, -0.1) is 0 Å². The highest BCUT2D eigenvalue weighted by atomic mass is 31.2. The van der Waals surface area contributed by atoms with Gasteiger partial charge in [0, 0.05) is 6.04 Å². The molecule has 1 aromatic rings. The minimum absolute atomic E-state index is 0.0658. The van der Waals surface area contributed by atoms with Crippen LogP contribution in [0.4, 0.5) is 0 Å². The van der Waals surface area contributed by atoms with Gasteiger partial charge < -0.3 is 4.52 Å². The Labute approximate surface area is 141 Å². The van der Waals surface area contributed by atoms with Gasteiger partial charge in [-0.25, -0.2) is 5.09 Å². The predicted octanol–water partition coefficient (Wildman–Crippen LogP) is 4.98. The maximum Gasteiger partial charge on any atom is 0.300 e. The summed E-state index contributed by atoms with van der Waals surface area (Å²) < 4.78 is 20.0. The fraction of sp³-hybridized carbons (Fsp3) is 0.684. The maximum atomic E-state index is 13.6. The normalized spacial score (nSPS) is 28.0. The lowest BCUT2D eigenvalue weighted by Crippen LogP contribution is -2.37. The second-order valence-electron chi connectivity index (χ2n) is 7.64. The van der Waals surface area contributed by atoms with Crippen LogP contribution in [0.15, 0.2) is 30.3 Å². The van der Waals surface area contributed by atoms with Crippen LogP contribution in [0.5, 0.6) is 0 Å². The van der Waals surface area contributed by atoms with Crippen LogP contribution in [0.25, 0.3) is 0 Å². The zero-order valence-corrected chi connectivity index (χ0v) is 16.1. The monoisotopic (exact) mass is 337 g/mol. The van der Waals surface area contributed by atoms with E-state index in [4.69, 9.17) is 4.52 Å². The summed E-state index contributed by atoms with van der Waals surface area (Å²) in [6, 6.07) is 9.73. The molecule has 0 radical (unpaired) electrons. The van der Waals surface area contributed by atoms with Crippen LogP contribution in [0.3, 0.4) is 0 Å². The van der Waals surface area contributed by atoms with Gasteiger partial charge >= 0.3 is 0 Å². The molecule has 1 aliphatic rings. The third-order valence-electron chi connectivity index (χ3n) is 4.77. The van der Waals surface area contributed by atoms with Crippen molar-refractivity contribution >= 4 is 12.8 Å². The Hall–Kier alpha value is -0.630. The molecular formula is C19H32NO2P. The Morgan fingerprint density at radius 2 is 1.78 bits per heavy atom. The molecule has 0 aliphatic heterocycles. The topological polar surface area (TPSA) is 38.3 Å². The predicted molar refractivity (Wildman–Crippen MR) is 98.2 cm³/mol. The quantitative estimate of drug-likeness (QED) is 0.744. The first-order valence-electron chi connectivity index (χ1n) is 8.93. The maximum absolute atomic E-state index is 13.6. The van der Waals surface area contributed by atoms with E-state index in [9.17, 15) is 4.57 Å². The molecule has 1 aromatic carbocycles. The number of rotatable bonds is 6. The molecule has 0 amide bonds. The number of benzene rings is 1. The van der Waals surface area contributed by atoms with Gasteiger partial charge in [-0.1, -0.05) is 45.4 Å². The third-order valence-corrected chi connectivity index (χ3v) is 7.17. The van der Waals surface area contributed by atoms with E-state index < -0.39 is 7.52 Å². The van der Waals surface area contributed by atoms with Crippen molar-refractivity contribution in [2.75, 3.05) is 0 Å². The molecule has 0 spiro atoms. The van der Waals surface area contributed by atoms with E-state index in [0.29, 0.717) is 17.8 Å². The first kappa shape index (κ1) is 18.7. The van der Waals surface area contributed by atoms with E-state index in [-0.39, 0.29) is 12.1 Å². The van der Waals surface area contributed by atoms with Crippen LogP contribution in [-0.4, -0.2) is 12.1 Å². The molecule has 0 aromatic heterocycles. The first-order valence-corrected chi connectivity index (χ1v) is 10.6. The Balaban J connectivity index is 2.27. The molecule has 1 N–H and O–H groups in total. The summed E-state index contributed by atoms with van der Waals surface area (Å²) in [5.74, 6) is 1.67.